The molecule has 0 saturated carbocycles. The number of benzene rings is 4. The normalized spacial score (nSPS) is 13.9. The van der Waals surface area contributed by atoms with Crippen LogP contribution in [0.25, 0.3) is 22.3 Å². The van der Waals surface area contributed by atoms with Crippen LogP contribution in [0.15, 0.2) is 103 Å². The van der Waals surface area contributed by atoms with Crippen molar-refractivity contribution in [3.8, 4) is 22.3 Å². The molecule has 26 heavy (non-hydrogen) atoms. The molecule has 0 nitrogen and oxygen atoms in total. The SMILES string of the molecule is [CH3][Ge]1([c]2ccccc2)[c]2ccccc2-c2ccccc2-c2cccc[c]21. The Balaban J connectivity index is 1.99. The van der Waals surface area contributed by atoms with E-state index in [-0.39, 0.29) is 0 Å². The monoisotopic (exact) mass is 394 g/mol. The van der Waals surface area contributed by atoms with E-state index < -0.39 is 13.3 Å². The molecule has 0 unspecified atom stereocenters. The summed E-state index contributed by atoms with van der Waals surface area (Å²) in [6.07, 6.45) is 0. The van der Waals surface area contributed by atoms with E-state index in [1.165, 1.54) is 26.6 Å². The van der Waals surface area contributed by atoms with Gasteiger partial charge in [-0.2, -0.15) is 0 Å². The number of hydrogen-bond acceptors (Lipinski definition) is 0. The summed E-state index contributed by atoms with van der Waals surface area (Å²) in [4.78, 5) is 0. The number of rotatable bonds is 1. The second-order valence-electron chi connectivity index (χ2n) is 7.13. The third kappa shape index (κ3) is 2.15. The molecule has 0 aromatic heterocycles. The molecular formula is C25H20Ge. The third-order valence-electron chi connectivity index (χ3n) is 5.79. The molecule has 5 rings (SSSR count). The molecule has 0 N–H and O–H groups in total. The fraction of sp³-hybridized carbons (Fsp3) is 0.0400. The Morgan fingerprint density at radius 1 is 0.423 bits per heavy atom. The quantitative estimate of drug-likeness (QED) is 0.420. The molecule has 0 atom stereocenters. The minimum absolute atomic E-state index is 1.36. The van der Waals surface area contributed by atoms with Crippen molar-refractivity contribution in [3.63, 3.8) is 0 Å². The molecular weight excluding hydrogens is 373 g/mol. The van der Waals surface area contributed by atoms with Crippen molar-refractivity contribution in [1.82, 2.24) is 0 Å². The standard InChI is InChI=1S/C25H20Ge/c1-26(19-11-3-2-4-12-19)24-17-9-7-15-22(24)20-13-5-6-14-21(20)23-16-8-10-18-25(23)26/h2-18H,1H3. The summed E-state index contributed by atoms with van der Waals surface area (Å²) in [5.41, 5.74) is 5.54. The second kappa shape index (κ2) is 6.00. The summed E-state index contributed by atoms with van der Waals surface area (Å²) in [5.74, 6) is 2.55. The van der Waals surface area contributed by atoms with Gasteiger partial charge in [0.25, 0.3) is 0 Å². The third-order valence-corrected chi connectivity index (χ3v) is 15.3. The molecule has 0 amide bonds. The molecule has 0 aliphatic carbocycles. The van der Waals surface area contributed by atoms with Gasteiger partial charge in [-0.05, 0) is 0 Å². The Hall–Kier alpha value is -2.58. The molecule has 4 aromatic rings. The van der Waals surface area contributed by atoms with Crippen molar-refractivity contribution in [3.05, 3.63) is 103 Å². The molecule has 124 valence electrons. The van der Waals surface area contributed by atoms with Gasteiger partial charge >= 0.3 is 158 Å². The van der Waals surface area contributed by atoms with Gasteiger partial charge < -0.3 is 0 Å². The summed E-state index contributed by atoms with van der Waals surface area (Å²) in [7, 11) is 0. The molecule has 1 heteroatoms. The van der Waals surface area contributed by atoms with Crippen molar-refractivity contribution < 1.29 is 0 Å². The molecule has 0 spiro atoms. The first-order valence-corrected chi connectivity index (χ1v) is 14.4. The van der Waals surface area contributed by atoms with E-state index in [2.05, 4.69) is 109 Å². The molecule has 0 bridgehead atoms. The van der Waals surface area contributed by atoms with Crippen LogP contribution < -0.4 is 13.2 Å². The Morgan fingerprint density at radius 3 is 1.31 bits per heavy atom. The predicted molar refractivity (Wildman–Crippen MR) is 114 cm³/mol. The van der Waals surface area contributed by atoms with Crippen LogP contribution in [0.4, 0.5) is 0 Å². The minimum atomic E-state index is -2.77. The van der Waals surface area contributed by atoms with Gasteiger partial charge in [0.05, 0.1) is 0 Å². The van der Waals surface area contributed by atoms with Crippen LogP contribution in [0, 0.1) is 0 Å². The van der Waals surface area contributed by atoms with Crippen LogP contribution in [0.3, 0.4) is 0 Å². The van der Waals surface area contributed by atoms with Gasteiger partial charge in [0, 0.05) is 0 Å². The zero-order valence-electron chi connectivity index (χ0n) is 14.8. The van der Waals surface area contributed by atoms with Gasteiger partial charge in [-0.15, -0.1) is 0 Å². The van der Waals surface area contributed by atoms with Crippen molar-refractivity contribution >= 4 is 26.5 Å². The van der Waals surface area contributed by atoms with Crippen LogP contribution in [0.1, 0.15) is 0 Å². The summed E-state index contributed by atoms with van der Waals surface area (Å²) >= 11 is -2.77. The fourth-order valence-electron chi connectivity index (χ4n) is 4.49. The number of fused-ring (bicyclic) bond motifs is 5. The molecule has 4 aromatic carbocycles. The van der Waals surface area contributed by atoms with E-state index in [0.717, 1.165) is 0 Å². The van der Waals surface area contributed by atoms with E-state index in [9.17, 15) is 0 Å². The Kier molecular flexibility index (Phi) is 3.61. The Morgan fingerprint density at radius 2 is 0.808 bits per heavy atom. The maximum atomic E-state index is 2.55. The van der Waals surface area contributed by atoms with Gasteiger partial charge in [-0.25, -0.2) is 0 Å². The molecule has 0 fully saturated rings. The first-order valence-electron chi connectivity index (χ1n) is 9.14. The average molecular weight is 393 g/mol. The van der Waals surface area contributed by atoms with Crippen LogP contribution in [-0.4, -0.2) is 13.3 Å². The van der Waals surface area contributed by atoms with Gasteiger partial charge in [-0.3, -0.25) is 0 Å². The van der Waals surface area contributed by atoms with Crippen LogP contribution in [0.5, 0.6) is 0 Å². The van der Waals surface area contributed by atoms with Crippen molar-refractivity contribution in [1.29, 1.82) is 0 Å². The zero-order valence-corrected chi connectivity index (χ0v) is 16.9. The summed E-state index contributed by atoms with van der Waals surface area (Å²) in [6, 6.07) is 38.2. The van der Waals surface area contributed by atoms with Crippen molar-refractivity contribution in [2.24, 2.45) is 0 Å². The van der Waals surface area contributed by atoms with E-state index in [4.69, 9.17) is 0 Å². The van der Waals surface area contributed by atoms with Gasteiger partial charge in [-0.1, -0.05) is 0 Å². The van der Waals surface area contributed by atoms with Crippen molar-refractivity contribution in [2.75, 3.05) is 0 Å². The van der Waals surface area contributed by atoms with Crippen LogP contribution >= 0.6 is 0 Å². The Bertz CT molecular complexity index is 1030. The van der Waals surface area contributed by atoms with Gasteiger partial charge in [0.15, 0.2) is 0 Å². The molecule has 1 aliphatic heterocycles. The second-order valence-corrected chi connectivity index (χ2v) is 15.3. The average Bonchev–Trinajstić information content (AvgIpc) is 2.82. The zero-order chi connectivity index (χ0) is 17.6. The van der Waals surface area contributed by atoms with Gasteiger partial charge in [0.1, 0.15) is 0 Å². The Labute approximate surface area is 157 Å². The van der Waals surface area contributed by atoms with E-state index >= 15 is 0 Å². The predicted octanol–water partition coefficient (Wildman–Crippen LogP) is 4.43. The topological polar surface area (TPSA) is 0 Å². The summed E-state index contributed by atoms with van der Waals surface area (Å²) in [6.45, 7) is 0. The summed E-state index contributed by atoms with van der Waals surface area (Å²) < 4.78 is 4.62. The molecule has 0 saturated heterocycles. The van der Waals surface area contributed by atoms with Crippen LogP contribution in [-0.2, 0) is 0 Å². The van der Waals surface area contributed by atoms with E-state index in [1.807, 2.05) is 0 Å². The first kappa shape index (κ1) is 15.7. The van der Waals surface area contributed by atoms with E-state index in [1.54, 1.807) is 8.79 Å². The maximum absolute atomic E-state index is 2.77. The van der Waals surface area contributed by atoms with Gasteiger partial charge in [0.2, 0.25) is 0 Å². The van der Waals surface area contributed by atoms with Crippen LogP contribution in [0.2, 0.25) is 5.76 Å². The fourth-order valence-corrected chi connectivity index (χ4v) is 13.2. The van der Waals surface area contributed by atoms with Crippen molar-refractivity contribution in [2.45, 2.75) is 5.76 Å². The summed E-state index contributed by atoms with van der Waals surface area (Å²) in [5, 5.41) is 0. The number of hydrogen-bond donors (Lipinski definition) is 0. The molecule has 1 aliphatic rings. The first-order chi connectivity index (χ1) is 12.8. The van der Waals surface area contributed by atoms with E-state index in [0.29, 0.717) is 0 Å². The molecule has 0 radical (unpaired) electrons. The molecule has 1 heterocycles.